The largest absolute Gasteiger partial charge is 0.377 e. The molecule has 5 nitrogen and oxygen atoms in total. The molecule has 0 amide bonds. The number of fused-ring (bicyclic) bond motifs is 1. The molecular weight excluding hydrogens is 309 g/mol. The zero-order chi connectivity index (χ0) is 16.6. The predicted molar refractivity (Wildman–Crippen MR) is 90.6 cm³/mol. The van der Waals surface area contributed by atoms with Gasteiger partial charge in [-0.1, -0.05) is 0 Å². The van der Waals surface area contributed by atoms with Crippen molar-refractivity contribution in [3.8, 4) is 0 Å². The highest BCUT2D eigenvalue weighted by Gasteiger charge is 2.38. The van der Waals surface area contributed by atoms with Crippen LogP contribution in [0.5, 0.6) is 0 Å². The van der Waals surface area contributed by atoms with Crippen molar-refractivity contribution in [1.82, 2.24) is 15.2 Å². The Morgan fingerprint density at radius 2 is 2.25 bits per heavy atom. The molecule has 2 aromatic rings. The van der Waals surface area contributed by atoms with Gasteiger partial charge in [-0.25, -0.2) is 4.39 Å². The molecule has 130 valence electrons. The van der Waals surface area contributed by atoms with Gasteiger partial charge in [0.15, 0.2) is 0 Å². The number of aromatic nitrogens is 1. The SMILES string of the molecule is Cc1c(CN2CCO[C@]3(CNCCOC3)C2)[nH]c2ccc(F)cc12. The maximum atomic E-state index is 13.5. The lowest BCUT2D eigenvalue weighted by Gasteiger charge is -2.41. The number of ether oxygens (including phenoxy) is 2. The summed E-state index contributed by atoms with van der Waals surface area (Å²) >= 11 is 0. The van der Waals surface area contributed by atoms with Gasteiger partial charge in [0, 0.05) is 49.3 Å². The Kier molecular flexibility index (Phi) is 4.30. The van der Waals surface area contributed by atoms with Crippen LogP contribution in [0.3, 0.4) is 0 Å². The maximum absolute atomic E-state index is 13.5. The summed E-state index contributed by atoms with van der Waals surface area (Å²) in [5.74, 6) is -0.192. The van der Waals surface area contributed by atoms with Gasteiger partial charge in [-0.2, -0.15) is 0 Å². The van der Waals surface area contributed by atoms with E-state index in [1.54, 1.807) is 6.07 Å². The van der Waals surface area contributed by atoms with Crippen molar-refractivity contribution in [3.63, 3.8) is 0 Å². The van der Waals surface area contributed by atoms with Crippen LogP contribution in [-0.4, -0.2) is 61.5 Å². The quantitative estimate of drug-likeness (QED) is 0.880. The summed E-state index contributed by atoms with van der Waals surface area (Å²) in [7, 11) is 0. The third-order valence-corrected chi connectivity index (χ3v) is 5.07. The number of morpholine rings is 1. The van der Waals surface area contributed by atoms with Crippen molar-refractivity contribution in [2.24, 2.45) is 0 Å². The van der Waals surface area contributed by atoms with Gasteiger partial charge in [-0.05, 0) is 30.7 Å². The van der Waals surface area contributed by atoms with Crippen molar-refractivity contribution < 1.29 is 13.9 Å². The topological polar surface area (TPSA) is 49.5 Å². The van der Waals surface area contributed by atoms with Crippen LogP contribution in [0.2, 0.25) is 0 Å². The van der Waals surface area contributed by atoms with Gasteiger partial charge in [0.1, 0.15) is 11.4 Å². The molecule has 2 fully saturated rings. The second kappa shape index (κ2) is 6.44. The Balaban J connectivity index is 1.53. The van der Waals surface area contributed by atoms with Gasteiger partial charge >= 0.3 is 0 Å². The summed E-state index contributed by atoms with van der Waals surface area (Å²) in [6.07, 6.45) is 0. The van der Waals surface area contributed by atoms with Gasteiger partial charge in [0.25, 0.3) is 0 Å². The molecule has 24 heavy (non-hydrogen) atoms. The van der Waals surface area contributed by atoms with Gasteiger partial charge < -0.3 is 19.8 Å². The molecule has 1 aromatic heterocycles. The fourth-order valence-electron chi connectivity index (χ4n) is 3.76. The second-order valence-electron chi connectivity index (χ2n) is 6.89. The molecule has 0 radical (unpaired) electrons. The molecular formula is C18H24FN3O2. The minimum absolute atomic E-state index is 0.192. The molecule has 2 aliphatic heterocycles. The van der Waals surface area contributed by atoms with E-state index in [1.807, 2.05) is 6.07 Å². The van der Waals surface area contributed by atoms with Crippen LogP contribution in [-0.2, 0) is 16.0 Å². The molecule has 4 rings (SSSR count). The number of nitrogens with one attached hydrogen (secondary N) is 2. The summed E-state index contributed by atoms with van der Waals surface area (Å²) in [5, 5.41) is 4.37. The second-order valence-corrected chi connectivity index (χ2v) is 6.89. The summed E-state index contributed by atoms with van der Waals surface area (Å²) in [6, 6.07) is 4.92. The predicted octanol–water partition coefficient (Wildman–Crippen LogP) is 1.81. The number of halogens is 1. The molecule has 0 unspecified atom stereocenters. The third-order valence-electron chi connectivity index (χ3n) is 5.07. The first-order valence-corrected chi connectivity index (χ1v) is 8.57. The van der Waals surface area contributed by atoms with Crippen molar-refractivity contribution in [1.29, 1.82) is 0 Å². The molecule has 2 aliphatic rings. The maximum Gasteiger partial charge on any atom is 0.123 e. The molecule has 2 N–H and O–H groups in total. The molecule has 2 saturated heterocycles. The Labute approximate surface area is 141 Å². The fraction of sp³-hybridized carbons (Fsp3) is 0.556. The highest BCUT2D eigenvalue weighted by Crippen LogP contribution is 2.26. The number of H-pyrrole nitrogens is 1. The Morgan fingerprint density at radius 3 is 3.17 bits per heavy atom. The molecule has 1 aromatic carbocycles. The summed E-state index contributed by atoms with van der Waals surface area (Å²) < 4.78 is 25.3. The Bertz CT molecular complexity index is 722. The van der Waals surface area contributed by atoms with Crippen LogP contribution in [0.15, 0.2) is 18.2 Å². The van der Waals surface area contributed by atoms with E-state index in [1.165, 1.54) is 6.07 Å². The summed E-state index contributed by atoms with van der Waals surface area (Å²) in [6.45, 7) is 8.36. The van der Waals surface area contributed by atoms with Gasteiger partial charge in [-0.3, -0.25) is 4.90 Å². The number of aromatic amines is 1. The van der Waals surface area contributed by atoms with Crippen molar-refractivity contribution in [2.45, 2.75) is 19.1 Å². The molecule has 1 spiro atoms. The first-order chi connectivity index (χ1) is 11.7. The lowest BCUT2D eigenvalue weighted by molar-refractivity contribution is -0.135. The standard InChI is InChI=1S/C18H24FN3O2/c1-13-15-8-14(19)2-3-16(15)21-17(13)9-22-5-7-24-18(11-22)10-20-4-6-23-12-18/h2-3,8,20-21H,4-7,9-12H2,1H3/t18-/m1/s1. The van der Waals surface area contributed by atoms with Crippen molar-refractivity contribution >= 4 is 10.9 Å². The normalized spacial score (nSPS) is 26.1. The average molecular weight is 333 g/mol. The van der Waals surface area contributed by atoms with Gasteiger partial charge in [0.05, 0.1) is 19.8 Å². The van der Waals surface area contributed by atoms with E-state index in [-0.39, 0.29) is 11.4 Å². The lowest BCUT2D eigenvalue weighted by Crippen LogP contribution is -2.57. The zero-order valence-corrected chi connectivity index (χ0v) is 14.0. The van der Waals surface area contributed by atoms with Gasteiger partial charge in [-0.15, -0.1) is 0 Å². The van der Waals surface area contributed by atoms with E-state index in [9.17, 15) is 4.39 Å². The van der Waals surface area contributed by atoms with E-state index in [0.717, 1.165) is 61.5 Å². The Morgan fingerprint density at radius 1 is 1.33 bits per heavy atom. The van der Waals surface area contributed by atoms with Crippen LogP contribution in [0.1, 0.15) is 11.3 Å². The van der Waals surface area contributed by atoms with Crippen LogP contribution >= 0.6 is 0 Å². The van der Waals surface area contributed by atoms with Gasteiger partial charge in [0.2, 0.25) is 0 Å². The van der Waals surface area contributed by atoms with E-state index >= 15 is 0 Å². The van der Waals surface area contributed by atoms with E-state index in [2.05, 4.69) is 22.1 Å². The van der Waals surface area contributed by atoms with Crippen LogP contribution in [0.25, 0.3) is 10.9 Å². The van der Waals surface area contributed by atoms with Crippen LogP contribution in [0.4, 0.5) is 4.39 Å². The highest BCUT2D eigenvalue weighted by molar-refractivity contribution is 5.84. The fourth-order valence-corrected chi connectivity index (χ4v) is 3.76. The molecule has 6 heteroatoms. The molecule has 1 atom stereocenters. The number of aryl methyl sites for hydroxylation is 1. The minimum atomic E-state index is -0.263. The Hall–Kier alpha value is -1.47. The number of hydrogen-bond donors (Lipinski definition) is 2. The van der Waals surface area contributed by atoms with Crippen molar-refractivity contribution in [2.75, 3.05) is 46.0 Å². The average Bonchev–Trinajstić information content (AvgIpc) is 2.74. The van der Waals surface area contributed by atoms with Crippen LogP contribution < -0.4 is 5.32 Å². The third kappa shape index (κ3) is 3.07. The number of hydrogen-bond acceptors (Lipinski definition) is 4. The first kappa shape index (κ1) is 16.0. The van der Waals surface area contributed by atoms with E-state index in [0.29, 0.717) is 13.2 Å². The van der Waals surface area contributed by atoms with E-state index < -0.39 is 0 Å². The number of rotatable bonds is 2. The smallest absolute Gasteiger partial charge is 0.123 e. The monoisotopic (exact) mass is 333 g/mol. The molecule has 0 bridgehead atoms. The minimum Gasteiger partial charge on any atom is -0.377 e. The number of nitrogens with zero attached hydrogens (tertiary/aromatic N) is 1. The summed E-state index contributed by atoms with van der Waals surface area (Å²) in [5.41, 5.74) is 3.00. The van der Waals surface area contributed by atoms with Crippen molar-refractivity contribution in [3.05, 3.63) is 35.3 Å². The lowest BCUT2D eigenvalue weighted by atomic mass is 10.0. The zero-order valence-electron chi connectivity index (χ0n) is 14.0. The number of benzene rings is 1. The van der Waals surface area contributed by atoms with E-state index in [4.69, 9.17) is 9.47 Å². The van der Waals surface area contributed by atoms with Crippen LogP contribution in [0, 0.1) is 12.7 Å². The molecule has 0 saturated carbocycles. The highest BCUT2D eigenvalue weighted by atomic mass is 19.1. The molecule has 3 heterocycles. The summed E-state index contributed by atoms with van der Waals surface area (Å²) in [4.78, 5) is 5.84. The first-order valence-electron chi connectivity index (χ1n) is 8.57. The molecule has 0 aliphatic carbocycles.